The highest BCUT2D eigenvalue weighted by molar-refractivity contribution is 6.19. The summed E-state index contributed by atoms with van der Waals surface area (Å²) in [6, 6.07) is 1.33. The minimum absolute atomic E-state index is 0.105. The number of amides is 1. The smallest absolute Gasteiger partial charge is 0.257 e. The third-order valence-corrected chi connectivity index (χ3v) is 3.66. The van der Waals surface area contributed by atoms with Gasteiger partial charge in [0.05, 0.1) is 5.54 Å². The van der Waals surface area contributed by atoms with Crippen molar-refractivity contribution in [1.82, 2.24) is 10.3 Å². The fourth-order valence-corrected chi connectivity index (χ4v) is 2.29. The molecule has 2 rings (SSSR count). The maximum atomic E-state index is 12.1. The Hall–Kier alpha value is -1.33. The molecule has 0 aliphatic carbocycles. The number of H-pyrrole nitrogens is 1. The fraction of sp³-hybridized carbons (Fsp3) is 0.500. The Morgan fingerprint density at radius 2 is 2.22 bits per heavy atom. The summed E-state index contributed by atoms with van der Waals surface area (Å²) < 4.78 is 5.26. The summed E-state index contributed by atoms with van der Waals surface area (Å²) in [6.07, 6.45) is 4.21. The third-order valence-electron chi connectivity index (χ3n) is 3.15. The number of rotatable bonds is 3. The van der Waals surface area contributed by atoms with Gasteiger partial charge in [-0.05, 0) is 12.8 Å². The van der Waals surface area contributed by atoms with Crippen molar-refractivity contribution in [2.24, 2.45) is 0 Å². The second kappa shape index (κ2) is 5.54. The molecule has 98 valence electrons. The van der Waals surface area contributed by atoms with Crippen molar-refractivity contribution >= 4 is 17.5 Å². The number of alkyl halides is 1. The molecule has 0 radical (unpaired) electrons. The zero-order valence-electron chi connectivity index (χ0n) is 9.87. The van der Waals surface area contributed by atoms with Gasteiger partial charge in [0.15, 0.2) is 5.43 Å². The molecule has 1 saturated heterocycles. The lowest BCUT2D eigenvalue weighted by atomic mass is 9.92. The van der Waals surface area contributed by atoms with Crippen LogP contribution in [0.2, 0.25) is 0 Å². The largest absolute Gasteiger partial charge is 0.381 e. The first-order valence-corrected chi connectivity index (χ1v) is 6.34. The molecule has 0 spiro atoms. The summed E-state index contributed by atoms with van der Waals surface area (Å²) in [6.45, 7) is 1.14. The highest BCUT2D eigenvalue weighted by Gasteiger charge is 2.33. The summed E-state index contributed by atoms with van der Waals surface area (Å²) in [5, 5.41) is 2.87. The number of nitrogens with one attached hydrogen (secondary N) is 2. The van der Waals surface area contributed by atoms with Crippen LogP contribution in [0.25, 0.3) is 0 Å². The molecular formula is C12H15ClN2O3. The fourth-order valence-electron chi connectivity index (χ4n) is 1.96. The van der Waals surface area contributed by atoms with Gasteiger partial charge in [-0.25, -0.2) is 0 Å². The van der Waals surface area contributed by atoms with Crippen LogP contribution in [0.15, 0.2) is 23.3 Å². The maximum absolute atomic E-state index is 12.1. The van der Waals surface area contributed by atoms with E-state index in [1.807, 2.05) is 0 Å². The topological polar surface area (TPSA) is 71.2 Å². The second-order valence-corrected chi connectivity index (χ2v) is 4.67. The number of carbonyl (C=O) groups is 1. The molecule has 1 aromatic heterocycles. The van der Waals surface area contributed by atoms with Crippen molar-refractivity contribution in [3.8, 4) is 0 Å². The zero-order valence-corrected chi connectivity index (χ0v) is 10.6. The molecule has 2 N–H and O–H groups in total. The molecule has 1 aliphatic rings. The van der Waals surface area contributed by atoms with Gasteiger partial charge in [-0.1, -0.05) is 0 Å². The van der Waals surface area contributed by atoms with Gasteiger partial charge in [-0.15, -0.1) is 11.6 Å². The Balaban J connectivity index is 2.15. The average Bonchev–Trinajstić information content (AvgIpc) is 2.40. The Bertz CT molecular complexity index is 480. The summed E-state index contributed by atoms with van der Waals surface area (Å²) >= 11 is 5.95. The lowest BCUT2D eigenvalue weighted by molar-refractivity contribution is 0.0433. The lowest BCUT2D eigenvalue weighted by Crippen LogP contribution is -2.54. The molecule has 0 aromatic carbocycles. The third kappa shape index (κ3) is 2.73. The van der Waals surface area contributed by atoms with Gasteiger partial charge >= 0.3 is 0 Å². The molecule has 1 fully saturated rings. The van der Waals surface area contributed by atoms with Gasteiger partial charge in [-0.3, -0.25) is 9.59 Å². The van der Waals surface area contributed by atoms with Gasteiger partial charge in [0.1, 0.15) is 5.56 Å². The van der Waals surface area contributed by atoms with Crippen LogP contribution >= 0.6 is 11.6 Å². The van der Waals surface area contributed by atoms with E-state index in [1.54, 1.807) is 0 Å². The predicted octanol–water partition coefficient (Wildman–Crippen LogP) is 0.893. The Labute approximate surface area is 109 Å². The standard InChI is InChI=1S/C12H15ClN2O3/c13-8-12(2-5-18-6-3-12)15-11(17)9-7-14-4-1-10(9)16/h1,4,7H,2-3,5-6,8H2,(H,14,16)(H,15,17). The molecule has 18 heavy (non-hydrogen) atoms. The highest BCUT2D eigenvalue weighted by Crippen LogP contribution is 2.22. The summed E-state index contributed by atoms with van der Waals surface area (Å²) in [5.74, 6) is -0.0771. The van der Waals surface area contributed by atoms with Gasteiger partial charge < -0.3 is 15.0 Å². The van der Waals surface area contributed by atoms with E-state index in [0.717, 1.165) is 0 Å². The zero-order chi connectivity index (χ0) is 13.0. The molecule has 5 nitrogen and oxygen atoms in total. The SMILES string of the molecule is O=C(NC1(CCl)CCOCC1)c1c[nH]ccc1=O. The molecule has 0 saturated carbocycles. The van der Waals surface area contributed by atoms with Crippen molar-refractivity contribution in [3.05, 3.63) is 34.2 Å². The number of carbonyl (C=O) groups excluding carboxylic acids is 1. The minimum atomic E-state index is -0.473. The number of pyridine rings is 1. The van der Waals surface area contributed by atoms with E-state index in [4.69, 9.17) is 16.3 Å². The Morgan fingerprint density at radius 1 is 1.50 bits per heavy atom. The first-order valence-electron chi connectivity index (χ1n) is 5.80. The minimum Gasteiger partial charge on any atom is -0.381 e. The molecule has 2 heterocycles. The number of aromatic amines is 1. The molecule has 0 atom stereocenters. The van der Waals surface area contributed by atoms with Crippen molar-refractivity contribution in [2.45, 2.75) is 18.4 Å². The number of halogens is 1. The maximum Gasteiger partial charge on any atom is 0.257 e. The molecule has 1 amide bonds. The van der Waals surface area contributed by atoms with Gasteiger partial charge in [-0.2, -0.15) is 0 Å². The van der Waals surface area contributed by atoms with Crippen molar-refractivity contribution in [1.29, 1.82) is 0 Å². The number of hydrogen-bond acceptors (Lipinski definition) is 3. The normalized spacial score (nSPS) is 18.3. The van der Waals surface area contributed by atoms with E-state index in [9.17, 15) is 9.59 Å². The lowest BCUT2D eigenvalue weighted by Gasteiger charge is -2.36. The van der Waals surface area contributed by atoms with Crippen molar-refractivity contribution < 1.29 is 9.53 Å². The van der Waals surface area contributed by atoms with Crippen LogP contribution in [0.1, 0.15) is 23.2 Å². The van der Waals surface area contributed by atoms with E-state index in [0.29, 0.717) is 31.9 Å². The number of aromatic nitrogens is 1. The first-order chi connectivity index (χ1) is 8.67. The van der Waals surface area contributed by atoms with E-state index < -0.39 is 5.54 Å². The van der Waals surface area contributed by atoms with E-state index in [2.05, 4.69) is 10.3 Å². The molecule has 1 aromatic rings. The molecule has 0 unspecified atom stereocenters. The molecular weight excluding hydrogens is 256 g/mol. The number of ether oxygens (including phenoxy) is 1. The number of hydrogen-bond donors (Lipinski definition) is 2. The Kier molecular flexibility index (Phi) is 4.04. The van der Waals surface area contributed by atoms with Crippen LogP contribution in [-0.4, -0.2) is 35.5 Å². The summed E-state index contributed by atoms with van der Waals surface area (Å²) in [7, 11) is 0. The van der Waals surface area contributed by atoms with E-state index in [-0.39, 0.29) is 16.9 Å². The van der Waals surface area contributed by atoms with Gasteiger partial charge in [0, 0.05) is 37.6 Å². The molecule has 0 bridgehead atoms. The quantitative estimate of drug-likeness (QED) is 0.802. The van der Waals surface area contributed by atoms with Crippen LogP contribution in [0.4, 0.5) is 0 Å². The van der Waals surface area contributed by atoms with Gasteiger partial charge in [0.2, 0.25) is 0 Å². The van der Waals surface area contributed by atoms with Gasteiger partial charge in [0.25, 0.3) is 5.91 Å². The van der Waals surface area contributed by atoms with Crippen molar-refractivity contribution in [2.75, 3.05) is 19.1 Å². The highest BCUT2D eigenvalue weighted by atomic mass is 35.5. The average molecular weight is 271 g/mol. The van der Waals surface area contributed by atoms with Crippen LogP contribution in [0, 0.1) is 0 Å². The predicted molar refractivity (Wildman–Crippen MR) is 68.0 cm³/mol. The van der Waals surface area contributed by atoms with Crippen molar-refractivity contribution in [3.63, 3.8) is 0 Å². The van der Waals surface area contributed by atoms with Crippen LogP contribution in [-0.2, 0) is 4.74 Å². The first kappa shape index (κ1) is 13.1. The van der Waals surface area contributed by atoms with Crippen LogP contribution < -0.4 is 10.7 Å². The Morgan fingerprint density at radius 3 is 2.83 bits per heavy atom. The van der Waals surface area contributed by atoms with Crippen LogP contribution in [0.5, 0.6) is 0 Å². The molecule has 1 aliphatic heterocycles. The second-order valence-electron chi connectivity index (χ2n) is 4.40. The monoisotopic (exact) mass is 270 g/mol. The summed E-state index contributed by atoms with van der Waals surface area (Å²) in [5.41, 5.74) is -0.671. The van der Waals surface area contributed by atoms with E-state index >= 15 is 0 Å². The summed E-state index contributed by atoms with van der Waals surface area (Å²) in [4.78, 5) is 26.4. The van der Waals surface area contributed by atoms with E-state index in [1.165, 1.54) is 18.5 Å². The van der Waals surface area contributed by atoms with Crippen LogP contribution in [0.3, 0.4) is 0 Å². The molecule has 6 heteroatoms.